The average Bonchev–Trinajstić information content (AvgIpc) is 3.01. The van der Waals surface area contributed by atoms with Gasteiger partial charge < -0.3 is 44.3 Å². The SMILES string of the molecule is COCCN(C(=O)NC1CC2(CCOCC2)N(O)C2(CCOCC2)C1)C1CC2(CCOCC2)N(O)C2(CCOCC2)C1. The Morgan fingerprint density at radius 3 is 1.43 bits per heavy atom. The van der Waals surface area contributed by atoms with E-state index in [0.717, 1.165) is 51.4 Å². The standard InChI is InChI=1S/C30H52N4O8/c1-38-19-10-32(25-22-29(6-15-41-16-7-29)34(37)30(23-25)8-17-42-18-9-30)26(35)31-24-20-27(2-11-39-12-3-27)33(36)28(21-24)4-13-40-14-5-28/h24-25,36-37H,2-23H2,1H3,(H,31,35). The topological polar surface area (TPSA) is 125 Å². The minimum Gasteiger partial charge on any atom is -0.383 e. The van der Waals surface area contributed by atoms with Gasteiger partial charge in [0.15, 0.2) is 0 Å². The summed E-state index contributed by atoms with van der Waals surface area (Å²) in [5.41, 5.74) is -1.68. The lowest BCUT2D eigenvalue weighted by atomic mass is 9.69. The number of methoxy groups -OCH3 is 1. The van der Waals surface area contributed by atoms with Crippen molar-refractivity contribution in [2.75, 3.05) is 73.1 Å². The van der Waals surface area contributed by atoms with Crippen LogP contribution in [0.25, 0.3) is 0 Å². The van der Waals surface area contributed by atoms with Crippen LogP contribution in [0.3, 0.4) is 0 Å². The largest absolute Gasteiger partial charge is 0.383 e. The number of rotatable bonds is 5. The number of hydroxylamine groups is 4. The average molecular weight is 597 g/mol. The molecule has 0 aliphatic carbocycles. The molecule has 0 radical (unpaired) electrons. The molecule has 0 saturated carbocycles. The summed E-state index contributed by atoms with van der Waals surface area (Å²) >= 11 is 0. The van der Waals surface area contributed by atoms with Crippen LogP contribution in [-0.2, 0) is 23.7 Å². The molecule has 6 fully saturated rings. The molecule has 6 saturated heterocycles. The van der Waals surface area contributed by atoms with E-state index in [1.165, 1.54) is 0 Å². The van der Waals surface area contributed by atoms with Gasteiger partial charge in [-0.1, -0.05) is 0 Å². The molecule has 6 rings (SSSR count). The van der Waals surface area contributed by atoms with E-state index in [4.69, 9.17) is 23.7 Å². The van der Waals surface area contributed by atoms with Crippen LogP contribution in [-0.4, -0.2) is 139 Å². The lowest BCUT2D eigenvalue weighted by Gasteiger charge is -2.60. The first-order valence-electron chi connectivity index (χ1n) is 16.2. The van der Waals surface area contributed by atoms with E-state index >= 15 is 0 Å². The third-order valence-electron chi connectivity index (χ3n) is 11.5. The Balaban J connectivity index is 1.25. The number of nitrogens with one attached hydrogen (secondary N) is 1. The summed E-state index contributed by atoms with van der Waals surface area (Å²) in [6, 6.07) is -0.199. The van der Waals surface area contributed by atoms with Crippen LogP contribution in [0, 0.1) is 0 Å². The van der Waals surface area contributed by atoms with Crippen molar-refractivity contribution in [3.05, 3.63) is 0 Å². The van der Waals surface area contributed by atoms with Crippen molar-refractivity contribution in [1.82, 2.24) is 20.3 Å². The maximum Gasteiger partial charge on any atom is 0.317 e. The maximum absolute atomic E-state index is 14.4. The molecule has 42 heavy (non-hydrogen) atoms. The number of nitrogens with zero attached hydrogens (tertiary/aromatic N) is 3. The normalized spacial score (nSPS) is 32.7. The summed E-state index contributed by atoms with van der Waals surface area (Å²) in [7, 11) is 1.67. The van der Waals surface area contributed by atoms with Gasteiger partial charge in [-0.2, -0.15) is 10.1 Å². The molecule has 2 amide bonds. The Hall–Kier alpha value is -1.09. The van der Waals surface area contributed by atoms with Crippen molar-refractivity contribution >= 4 is 6.03 Å². The molecule has 4 spiro atoms. The number of urea groups is 1. The van der Waals surface area contributed by atoms with Gasteiger partial charge in [0.25, 0.3) is 0 Å². The van der Waals surface area contributed by atoms with Crippen molar-refractivity contribution in [3.63, 3.8) is 0 Å². The molecule has 0 unspecified atom stereocenters. The van der Waals surface area contributed by atoms with Crippen molar-refractivity contribution in [1.29, 1.82) is 0 Å². The van der Waals surface area contributed by atoms with Crippen LogP contribution in [0.2, 0.25) is 0 Å². The van der Waals surface area contributed by atoms with Gasteiger partial charge in [0.1, 0.15) is 0 Å². The summed E-state index contributed by atoms with van der Waals surface area (Å²) in [6.07, 6.45) is 8.73. The van der Waals surface area contributed by atoms with Gasteiger partial charge in [0, 0.05) is 78.6 Å². The summed E-state index contributed by atoms with van der Waals surface area (Å²) in [5.74, 6) is 0. The Bertz CT molecular complexity index is 859. The highest BCUT2D eigenvalue weighted by Gasteiger charge is 2.58. The van der Waals surface area contributed by atoms with E-state index in [-0.39, 0.29) is 18.1 Å². The molecule has 0 atom stereocenters. The van der Waals surface area contributed by atoms with E-state index < -0.39 is 22.2 Å². The quantitative estimate of drug-likeness (QED) is 0.436. The highest BCUT2D eigenvalue weighted by Crippen LogP contribution is 2.49. The highest BCUT2D eigenvalue weighted by molar-refractivity contribution is 5.75. The van der Waals surface area contributed by atoms with E-state index in [1.54, 1.807) is 17.2 Å². The number of ether oxygens (including phenoxy) is 5. The zero-order valence-corrected chi connectivity index (χ0v) is 25.4. The zero-order chi connectivity index (χ0) is 29.3. The van der Waals surface area contributed by atoms with Crippen LogP contribution in [0.15, 0.2) is 0 Å². The maximum atomic E-state index is 14.4. The predicted molar refractivity (Wildman–Crippen MR) is 152 cm³/mol. The lowest BCUT2D eigenvalue weighted by Crippen LogP contribution is -2.71. The summed E-state index contributed by atoms with van der Waals surface area (Å²) < 4.78 is 28.4. The van der Waals surface area contributed by atoms with Gasteiger partial charge in [-0.25, -0.2) is 4.79 Å². The fourth-order valence-electron chi connectivity index (χ4n) is 9.18. The van der Waals surface area contributed by atoms with E-state index in [2.05, 4.69) is 5.32 Å². The second-order valence-electron chi connectivity index (χ2n) is 13.8. The van der Waals surface area contributed by atoms with Gasteiger partial charge in [-0.3, -0.25) is 0 Å². The molecule has 6 heterocycles. The molecular weight excluding hydrogens is 544 g/mol. The Morgan fingerprint density at radius 2 is 1.07 bits per heavy atom. The first-order valence-corrected chi connectivity index (χ1v) is 16.2. The van der Waals surface area contributed by atoms with Gasteiger partial charge in [-0.15, -0.1) is 0 Å². The Morgan fingerprint density at radius 1 is 0.714 bits per heavy atom. The minimum atomic E-state index is -0.426. The van der Waals surface area contributed by atoms with Crippen LogP contribution < -0.4 is 5.32 Å². The zero-order valence-electron chi connectivity index (χ0n) is 25.4. The predicted octanol–water partition coefficient (Wildman–Crippen LogP) is 2.55. The number of carbonyl (C=O) groups is 1. The molecule has 6 aliphatic rings. The molecule has 0 aromatic rings. The van der Waals surface area contributed by atoms with Gasteiger partial charge in [0.05, 0.1) is 28.8 Å². The molecule has 0 bridgehead atoms. The number of amides is 2. The second-order valence-corrected chi connectivity index (χ2v) is 13.8. The fourth-order valence-corrected chi connectivity index (χ4v) is 9.18. The van der Waals surface area contributed by atoms with Crippen molar-refractivity contribution < 1.29 is 38.9 Å². The molecule has 3 N–H and O–H groups in total. The second kappa shape index (κ2) is 12.7. The van der Waals surface area contributed by atoms with Crippen LogP contribution in [0.5, 0.6) is 0 Å². The fraction of sp³-hybridized carbons (Fsp3) is 0.967. The van der Waals surface area contributed by atoms with Gasteiger partial charge in [-0.05, 0) is 77.0 Å². The molecular formula is C30H52N4O8. The summed E-state index contributed by atoms with van der Waals surface area (Å²) in [4.78, 5) is 16.4. The number of hydrogen-bond donors (Lipinski definition) is 3. The number of hydrogen-bond acceptors (Lipinski definition) is 10. The van der Waals surface area contributed by atoms with Crippen LogP contribution in [0.1, 0.15) is 77.0 Å². The molecule has 6 aliphatic heterocycles. The van der Waals surface area contributed by atoms with E-state index in [9.17, 15) is 15.2 Å². The summed E-state index contributed by atoms with van der Waals surface area (Å²) in [6.45, 7) is 5.81. The van der Waals surface area contributed by atoms with Crippen LogP contribution >= 0.6 is 0 Å². The Labute approximate surface area is 249 Å². The minimum absolute atomic E-state index is 0.0493. The highest BCUT2D eigenvalue weighted by atomic mass is 16.5. The third-order valence-corrected chi connectivity index (χ3v) is 11.5. The monoisotopic (exact) mass is 596 g/mol. The van der Waals surface area contributed by atoms with E-state index in [1.807, 2.05) is 4.90 Å². The van der Waals surface area contributed by atoms with E-state index in [0.29, 0.717) is 91.7 Å². The third kappa shape index (κ3) is 5.72. The first-order chi connectivity index (χ1) is 20.4. The van der Waals surface area contributed by atoms with Gasteiger partial charge in [0.2, 0.25) is 0 Å². The molecule has 12 nitrogen and oxygen atoms in total. The molecule has 12 heteroatoms. The van der Waals surface area contributed by atoms with Crippen molar-refractivity contribution in [2.45, 2.75) is 111 Å². The Kier molecular flexibility index (Phi) is 9.37. The lowest BCUT2D eigenvalue weighted by molar-refractivity contribution is -0.299. The molecule has 0 aromatic heterocycles. The number of piperidine rings is 2. The summed E-state index contributed by atoms with van der Waals surface area (Å²) in [5, 5.41) is 30.3. The smallest absolute Gasteiger partial charge is 0.317 e. The first kappa shape index (κ1) is 30.9. The molecule has 240 valence electrons. The number of carbonyl (C=O) groups excluding carboxylic acids is 1. The van der Waals surface area contributed by atoms with Crippen LogP contribution in [0.4, 0.5) is 4.79 Å². The van der Waals surface area contributed by atoms with Gasteiger partial charge >= 0.3 is 6.03 Å². The van der Waals surface area contributed by atoms with Crippen molar-refractivity contribution in [3.8, 4) is 0 Å². The molecule has 0 aromatic carbocycles. The van der Waals surface area contributed by atoms with Crippen molar-refractivity contribution in [2.24, 2.45) is 0 Å².